The van der Waals surface area contributed by atoms with E-state index in [1.165, 1.54) is 11.3 Å². The van der Waals surface area contributed by atoms with Gasteiger partial charge in [-0.25, -0.2) is 4.79 Å². The van der Waals surface area contributed by atoms with E-state index in [-0.39, 0.29) is 11.8 Å². The van der Waals surface area contributed by atoms with E-state index in [1.807, 2.05) is 24.3 Å². The molecule has 19 heavy (non-hydrogen) atoms. The Balaban J connectivity index is 1.85. The first-order valence-electron chi connectivity index (χ1n) is 6.16. The second kappa shape index (κ2) is 4.66. The van der Waals surface area contributed by atoms with Crippen LogP contribution in [0.4, 0.5) is 0 Å². The number of carboxylic acids is 1. The van der Waals surface area contributed by atoms with E-state index in [1.54, 1.807) is 5.38 Å². The van der Waals surface area contributed by atoms with Crippen LogP contribution in [0.5, 0.6) is 0 Å². The van der Waals surface area contributed by atoms with Crippen molar-refractivity contribution in [3.8, 4) is 0 Å². The Bertz CT molecular complexity index is 645. The maximum absolute atomic E-state index is 12.2. The van der Waals surface area contributed by atoms with Crippen LogP contribution in [0.15, 0.2) is 29.6 Å². The number of rotatable bonds is 4. The number of carboxylic acid groups (broad SMARTS) is 1. The Morgan fingerprint density at radius 1 is 1.32 bits per heavy atom. The van der Waals surface area contributed by atoms with Crippen molar-refractivity contribution in [1.29, 1.82) is 0 Å². The van der Waals surface area contributed by atoms with Crippen LogP contribution in [0.2, 0.25) is 0 Å². The third-order valence-corrected chi connectivity index (χ3v) is 4.34. The number of hydrogen-bond acceptors (Lipinski definition) is 3. The van der Waals surface area contributed by atoms with Crippen molar-refractivity contribution in [1.82, 2.24) is 5.32 Å². The summed E-state index contributed by atoms with van der Waals surface area (Å²) in [6.45, 7) is 0. The molecule has 0 bridgehead atoms. The summed E-state index contributed by atoms with van der Waals surface area (Å²) in [4.78, 5) is 23.3. The van der Waals surface area contributed by atoms with Gasteiger partial charge >= 0.3 is 5.97 Å². The van der Waals surface area contributed by atoms with Gasteiger partial charge in [0.05, 0.1) is 5.56 Å². The highest BCUT2D eigenvalue weighted by Crippen LogP contribution is 2.33. The van der Waals surface area contributed by atoms with Gasteiger partial charge in [-0.2, -0.15) is 0 Å². The SMILES string of the molecule is O=C(NC(C(=O)O)C1CC1)c1csc2ccccc12. The van der Waals surface area contributed by atoms with Crippen LogP contribution >= 0.6 is 11.3 Å². The number of nitrogens with one attached hydrogen (secondary N) is 1. The normalized spacial score (nSPS) is 16.2. The van der Waals surface area contributed by atoms with E-state index in [4.69, 9.17) is 5.11 Å². The van der Waals surface area contributed by atoms with Crippen molar-refractivity contribution in [2.75, 3.05) is 0 Å². The Morgan fingerprint density at radius 3 is 2.74 bits per heavy atom. The van der Waals surface area contributed by atoms with Gasteiger partial charge in [0.15, 0.2) is 0 Å². The van der Waals surface area contributed by atoms with Crippen molar-refractivity contribution in [2.24, 2.45) is 5.92 Å². The van der Waals surface area contributed by atoms with Crippen LogP contribution in [0.1, 0.15) is 23.2 Å². The average Bonchev–Trinajstić information content (AvgIpc) is 3.14. The minimum Gasteiger partial charge on any atom is -0.480 e. The highest BCUT2D eigenvalue weighted by molar-refractivity contribution is 7.17. The molecule has 1 aliphatic rings. The molecule has 0 saturated heterocycles. The summed E-state index contributed by atoms with van der Waals surface area (Å²) in [5, 5.41) is 14.4. The summed E-state index contributed by atoms with van der Waals surface area (Å²) >= 11 is 1.49. The van der Waals surface area contributed by atoms with Crippen LogP contribution in [0, 0.1) is 5.92 Å². The van der Waals surface area contributed by atoms with Crippen molar-refractivity contribution >= 4 is 33.3 Å². The summed E-state index contributed by atoms with van der Waals surface area (Å²) in [6, 6.07) is 6.87. The number of hydrogen-bond donors (Lipinski definition) is 2. The maximum atomic E-state index is 12.2. The van der Waals surface area contributed by atoms with Crippen molar-refractivity contribution in [3.05, 3.63) is 35.2 Å². The van der Waals surface area contributed by atoms with Crippen LogP contribution in [0.25, 0.3) is 10.1 Å². The standard InChI is InChI=1S/C14H13NO3S/c16-13(15-12(14(17)18)8-5-6-8)10-7-19-11-4-2-1-3-9(10)11/h1-4,7-8,12H,5-6H2,(H,15,16)(H,17,18). The molecule has 1 aromatic heterocycles. The van der Waals surface area contributed by atoms with Gasteiger partial charge in [-0.05, 0) is 24.8 Å². The zero-order valence-electron chi connectivity index (χ0n) is 10.1. The van der Waals surface area contributed by atoms with Crippen molar-refractivity contribution in [2.45, 2.75) is 18.9 Å². The molecule has 2 N–H and O–H groups in total. The monoisotopic (exact) mass is 275 g/mol. The van der Waals surface area contributed by atoms with E-state index < -0.39 is 12.0 Å². The molecule has 0 radical (unpaired) electrons. The van der Waals surface area contributed by atoms with Crippen LogP contribution in [-0.2, 0) is 4.79 Å². The largest absolute Gasteiger partial charge is 0.480 e. The molecule has 3 rings (SSSR count). The number of carbonyl (C=O) groups excluding carboxylic acids is 1. The molecule has 5 heteroatoms. The summed E-state index contributed by atoms with van der Waals surface area (Å²) < 4.78 is 1.03. The van der Waals surface area contributed by atoms with Gasteiger partial charge in [-0.3, -0.25) is 4.79 Å². The predicted molar refractivity (Wildman–Crippen MR) is 73.4 cm³/mol. The number of thiophene rings is 1. The molecule has 1 saturated carbocycles. The van der Waals surface area contributed by atoms with E-state index in [2.05, 4.69) is 5.32 Å². The van der Waals surface area contributed by atoms with Crippen LogP contribution in [-0.4, -0.2) is 23.0 Å². The number of benzene rings is 1. The smallest absolute Gasteiger partial charge is 0.326 e. The molecule has 98 valence electrons. The first-order chi connectivity index (χ1) is 9.16. The van der Waals surface area contributed by atoms with Gasteiger partial charge in [-0.15, -0.1) is 11.3 Å². The van der Waals surface area contributed by atoms with Gasteiger partial charge in [0.1, 0.15) is 6.04 Å². The van der Waals surface area contributed by atoms with Crippen LogP contribution in [0.3, 0.4) is 0 Å². The number of fused-ring (bicyclic) bond motifs is 1. The molecule has 1 aromatic carbocycles. The minimum atomic E-state index is -0.949. The fourth-order valence-corrected chi connectivity index (χ4v) is 3.12. The molecule has 4 nitrogen and oxygen atoms in total. The molecule has 1 amide bonds. The first-order valence-corrected chi connectivity index (χ1v) is 7.04. The fraction of sp³-hybridized carbons (Fsp3) is 0.286. The van der Waals surface area contributed by atoms with Gasteiger partial charge in [0, 0.05) is 15.5 Å². The Morgan fingerprint density at radius 2 is 2.05 bits per heavy atom. The fourth-order valence-electron chi connectivity index (χ4n) is 2.18. The van der Waals surface area contributed by atoms with Gasteiger partial charge in [0.25, 0.3) is 5.91 Å². The van der Waals surface area contributed by atoms with E-state index >= 15 is 0 Å². The highest BCUT2D eigenvalue weighted by Gasteiger charge is 2.37. The van der Waals surface area contributed by atoms with Gasteiger partial charge in [0.2, 0.25) is 0 Å². The molecule has 1 unspecified atom stereocenters. The Hall–Kier alpha value is -1.88. The van der Waals surface area contributed by atoms with Gasteiger partial charge < -0.3 is 10.4 Å². The molecule has 1 aliphatic carbocycles. The molecular weight excluding hydrogens is 262 g/mol. The van der Waals surface area contributed by atoms with E-state index in [0.717, 1.165) is 22.9 Å². The second-order valence-corrected chi connectivity index (χ2v) is 5.68. The lowest BCUT2D eigenvalue weighted by molar-refractivity contribution is -0.139. The third-order valence-electron chi connectivity index (χ3n) is 3.37. The highest BCUT2D eigenvalue weighted by atomic mass is 32.1. The lowest BCUT2D eigenvalue weighted by Gasteiger charge is -2.13. The summed E-state index contributed by atoms with van der Waals surface area (Å²) in [5.74, 6) is -1.15. The quantitative estimate of drug-likeness (QED) is 0.901. The molecule has 1 fully saturated rings. The summed E-state index contributed by atoms with van der Waals surface area (Å²) in [5.41, 5.74) is 0.563. The Kier molecular flexibility index (Phi) is 2.98. The van der Waals surface area contributed by atoms with E-state index in [0.29, 0.717) is 5.56 Å². The molecule has 2 aromatic rings. The molecule has 1 heterocycles. The molecule has 1 atom stereocenters. The topological polar surface area (TPSA) is 66.4 Å². The maximum Gasteiger partial charge on any atom is 0.326 e. The Labute approximate surface area is 114 Å². The lowest BCUT2D eigenvalue weighted by Crippen LogP contribution is -2.42. The van der Waals surface area contributed by atoms with Crippen molar-refractivity contribution in [3.63, 3.8) is 0 Å². The number of aliphatic carboxylic acids is 1. The van der Waals surface area contributed by atoms with Crippen molar-refractivity contribution < 1.29 is 14.7 Å². The number of amides is 1. The zero-order valence-corrected chi connectivity index (χ0v) is 10.9. The average molecular weight is 275 g/mol. The van der Waals surface area contributed by atoms with Gasteiger partial charge in [-0.1, -0.05) is 18.2 Å². The second-order valence-electron chi connectivity index (χ2n) is 4.77. The molecule has 0 spiro atoms. The number of carbonyl (C=O) groups is 2. The molecular formula is C14H13NO3S. The lowest BCUT2D eigenvalue weighted by atomic mass is 10.1. The van der Waals surface area contributed by atoms with Crippen LogP contribution < -0.4 is 5.32 Å². The molecule has 0 aliphatic heterocycles. The zero-order chi connectivity index (χ0) is 13.4. The first kappa shape index (κ1) is 12.2. The minimum absolute atomic E-state index is 0.0892. The predicted octanol–water partition coefficient (Wildman–Crippen LogP) is 2.49. The third kappa shape index (κ3) is 2.33. The summed E-state index contributed by atoms with van der Waals surface area (Å²) in [6.07, 6.45) is 1.75. The van der Waals surface area contributed by atoms with E-state index in [9.17, 15) is 9.59 Å². The summed E-state index contributed by atoms with van der Waals surface area (Å²) in [7, 11) is 0.